The van der Waals surface area contributed by atoms with Crippen LogP contribution in [0.25, 0.3) is 11.2 Å². The molecule has 3 N–H and O–H groups in total. The number of hydrogen-bond donors (Lipinski definition) is 2. The number of anilines is 1. The van der Waals surface area contributed by atoms with Crippen molar-refractivity contribution < 1.29 is 9.47 Å². The summed E-state index contributed by atoms with van der Waals surface area (Å²) in [5.41, 5.74) is 7.77. The number of fused-ring (bicyclic) bond motifs is 2. The molecular weight excluding hydrogens is 531 g/mol. The Balaban J connectivity index is 1.71. The SMILES string of the molecule is CC(C)(C)CNCCn1c(Sc2cc3c(c[c]2[Sn]([CH3])([CH3])[CH3])OCO3)nc2c(N)ncnc21. The van der Waals surface area contributed by atoms with E-state index >= 15 is 0 Å². The Hall–Kier alpha value is -1.72. The standard InChI is InChI=1S/C19H23N6O2S.3CH3.Sn/c1-19(2,3)9-21-6-7-25-17-15(16(20)22-10-23-17)24-18(25)28-12-4-5-13-14(8-12)27-11-26-13;;;;/h5,8,10,21H,6-7,9,11H2,1-3H3,(H2,20,22,23);3*1H3;. The van der Waals surface area contributed by atoms with Crippen LogP contribution in [0.5, 0.6) is 11.5 Å². The first kappa shape index (κ1) is 23.4. The number of ether oxygens (including phenoxy) is 2. The van der Waals surface area contributed by atoms with E-state index in [-0.39, 0.29) is 12.2 Å². The molecule has 2 aromatic heterocycles. The minimum atomic E-state index is -2.46. The summed E-state index contributed by atoms with van der Waals surface area (Å²) < 4.78 is 14.9. The molecule has 0 saturated carbocycles. The molecule has 1 aromatic carbocycles. The molecule has 0 saturated heterocycles. The third-order valence-electron chi connectivity index (χ3n) is 5.18. The Bertz CT molecular complexity index is 1140. The summed E-state index contributed by atoms with van der Waals surface area (Å²) in [7, 11) is 0. The molecule has 10 heteroatoms. The van der Waals surface area contributed by atoms with Gasteiger partial charge in [0.15, 0.2) is 0 Å². The molecule has 1 aliphatic rings. The number of benzene rings is 1. The van der Waals surface area contributed by atoms with Gasteiger partial charge in [0, 0.05) is 0 Å². The van der Waals surface area contributed by atoms with Gasteiger partial charge in [-0.2, -0.15) is 0 Å². The van der Waals surface area contributed by atoms with Crippen molar-refractivity contribution in [3.05, 3.63) is 18.5 Å². The zero-order valence-electron chi connectivity index (χ0n) is 19.7. The first-order valence-electron chi connectivity index (χ1n) is 10.8. The van der Waals surface area contributed by atoms with Gasteiger partial charge >= 0.3 is 198 Å². The number of imidazole rings is 1. The van der Waals surface area contributed by atoms with Crippen LogP contribution in [0.1, 0.15) is 20.8 Å². The van der Waals surface area contributed by atoms with Crippen molar-refractivity contribution >= 4 is 50.7 Å². The van der Waals surface area contributed by atoms with E-state index in [1.807, 2.05) is 0 Å². The summed E-state index contributed by atoms with van der Waals surface area (Å²) in [6, 6.07) is 4.27. The van der Waals surface area contributed by atoms with Gasteiger partial charge in [0.2, 0.25) is 0 Å². The fraction of sp³-hybridized carbons (Fsp3) is 0.500. The van der Waals surface area contributed by atoms with Gasteiger partial charge in [-0.1, -0.05) is 0 Å². The van der Waals surface area contributed by atoms with Crippen LogP contribution in [0.4, 0.5) is 5.82 Å². The van der Waals surface area contributed by atoms with E-state index < -0.39 is 18.4 Å². The first-order valence-corrected chi connectivity index (χ1v) is 21.6. The normalized spacial score (nSPS) is 13.8. The van der Waals surface area contributed by atoms with Gasteiger partial charge in [-0.25, -0.2) is 0 Å². The monoisotopic (exact) mass is 564 g/mol. The Morgan fingerprint density at radius 2 is 1.88 bits per heavy atom. The molecule has 0 bridgehead atoms. The zero-order chi connectivity index (χ0) is 23.1. The van der Waals surface area contributed by atoms with E-state index in [1.165, 1.54) is 14.8 Å². The Labute approximate surface area is 197 Å². The fourth-order valence-electron chi connectivity index (χ4n) is 3.56. The summed E-state index contributed by atoms with van der Waals surface area (Å²) in [5, 5.41) is 4.41. The van der Waals surface area contributed by atoms with Gasteiger partial charge in [0.25, 0.3) is 0 Å². The number of rotatable bonds is 7. The third kappa shape index (κ3) is 5.09. The third-order valence-corrected chi connectivity index (χ3v) is 12.5. The van der Waals surface area contributed by atoms with E-state index in [2.05, 4.69) is 67.6 Å². The average molecular weight is 563 g/mol. The molecule has 0 unspecified atom stereocenters. The van der Waals surface area contributed by atoms with Crippen molar-refractivity contribution in [3.63, 3.8) is 0 Å². The van der Waals surface area contributed by atoms with Crippen LogP contribution in [-0.2, 0) is 6.54 Å². The second kappa shape index (κ2) is 8.90. The van der Waals surface area contributed by atoms with Crippen LogP contribution in [-0.4, -0.2) is 57.8 Å². The number of aromatic nitrogens is 4. The van der Waals surface area contributed by atoms with Crippen molar-refractivity contribution in [2.24, 2.45) is 5.41 Å². The quantitative estimate of drug-likeness (QED) is 0.333. The van der Waals surface area contributed by atoms with Crippen LogP contribution >= 0.6 is 11.8 Å². The number of nitrogens with two attached hydrogens (primary N) is 1. The van der Waals surface area contributed by atoms with E-state index in [4.69, 9.17) is 20.2 Å². The summed E-state index contributed by atoms with van der Waals surface area (Å²) in [6.07, 6.45) is 1.50. The second-order valence-electron chi connectivity index (χ2n) is 10.3. The van der Waals surface area contributed by atoms with Crippen molar-refractivity contribution in [2.75, 3.05) is 25.6 Å². The summed E-state index contributed by atoms with van der Waals surface area (Å²) in [4.78, 5) is 21.9. The van der Waals surface area contributed by atoms with Gasteiger partial charge < -0.3 is 0 Å². The van der Waals surface area contributed by atoms with E-state index in [9.17, 15) is 0 Å². The number of nitrogens with zero attached hydrogens (tertiary/aromatic N) is 4. The van der Waals surface area contributed by atoms with Crippen molar-refractivity contribution in [1.82, 2.24) is 24.8 Å². The maximum absolute atomic E-state index is 6.14. The molecule has 0 radical (unpaired) electrons. The van der Waals surface area contributed by atoms with E-state index in [0.29, 0.717) is 11.3 Å². The van der Waals surface area contributed by atoms with E-state index in [1.54, 1.807) is 11.8 Å². The van der Waals surface area contributed by atoms with Crippen molar-refractivity contribution in [2.45, 2.75) is 52.2 Å². The van der Waals surface area contributed by atoms with Crippen LogP contribution in [0.2, 0.25) is 14.8 Å². The molecule has 3 heterocycles. The molecule has 0 spiro atoms. The fourth-order valence-corrected chi connectivity index (χ4v) is 10.9. The van der Waals surface area contributed by atoms with Crippen LogP contribution in [0, 0.1) is 5.41 Å². The summed E-state index contributed by atoms with van der Waals surface area (Å²) >= 11 is -0.810. The molecule has 3 aromatic rings. The second-order valence-corrected chi connectivity index (χ2v) is 25.7. The molecule has 4 rings (SSSR count). The Morgan fingerprint density at radius 1 is 1.16 bits per heavy atom. The Morgan fingerprint density at radius 3 is 2.56 bits per heavy atom. The predicted molar refractivity (Wildman–Crippen MR) is 132 cm³/mol. The molecule has 0 amide bonds. The molecule has 8 nitrogen and oxygen atoms in total. The van der Waals surface area contributed by atoms with Crippen LogP contribution < -0.4 is 24.1 Å². The van der Waals surface area contributed by atoms with Crippen molar-refractivity contribution in [3.8, 4) is 11.5 Å². The van der Waals surface area contributed by atoms with Crippen LogP contribution in [0.15, 0.2) is 28.5 Å². The van der Waals surface area contributed by atoms with Gasteiger partial charge in [-0.3, -0.25) is 0 Å². The minimum absolute atomic E-state index is 0.224. The van der Waals surface area contributed by atoms with Crippen LogP contribution in [0.3, 0.4) is 0 Å². The van der Waals surface area contributed by atoms with Gasteiger partial charge in [0.1, 0.15) is 0 Å². The maximum atomic E-state index is 6.14. The number of nitrogen functional groups attached to an aromatic ring is 1. The first-order chi connectivity index (χ1) is 15.0. The molecule has 0 aliphatic carbocycles. The van der Waals surface area contributed by atoms with Gasteiger partial charge in [-0.05, 0) is 0 Å². The number of nitrogens with one attached hydrogen (secondary N) is 1. The van der Waals surface area contributed by atoms with Gasteiger partial charge in [0.05, 0.1) is 0 Å². The molecule has 172 valence electrons. The topological polar surface area (TPSA) is 100 Å². The van der Waals surface area contributed by atoms with E-state index in [0.717, 1.165) is 41.9 Å². The van der Waals surface area contributed by atoms with Gasteiger partial charge in [-0.15, -0.1) is 0 Å². The van der Waals surface area contributed by atoms with Crippen molar-refractivity contribution in [1.29, 1.82) is 0 Å². The molecule has 1 aliphatic heterocycles. The molecule has 32 heavy (non-hydrogen) atoms. The molecule has 0 fully saturated rings. The zero-order valence-corrected chi connectivity index (χ0v) is 23.3. The molecule has 0 atom stereocenters. The summed E-state index contributed by atoms with van der Waals surface area (Å²) in [6.45, 7) is 9.43. The molecular formula is C22H32N6O2SSn. The summed E-state index contributed by atoms with van der Waals surface area (Å²) in [5.74, 6) is 2.03. The average Bonchev–Trinajstić information content (AvgIpc) is 3.28. The predicted octanol–water partition coefficient (Wildman–Crippen LogP) is 3.47. The number of hydrogen-bond acceptors (Lipinski definition) is 8. The Kier molecular flexibility index (Phi) is 6.52.